The largest absolute Gasteiger partial charge is 0.490 e. The fourth-order valence-corrected chi connectivity index (χ4v) is 4.30. The summed E-state index contributed by atoms with van der Waals surface area (Å²) < 4.78 is 25.6. The van der Waals surface area contributed by atoms with Crippen molar-refractivity contribution < 1.29 is 23.8 Å². The lowest BCUT2D eigenvalue weighted by Gasteiger charge is -2.18. The number of nitrogens with one attached hydrogen (secondary N) is 2. The highest BCUT2D eigenvalue weighted by Gasteiger charge is 2.20. The number of rotatable bonds is 11. The fraction of sp³-hybridized carbons (Fsp3) is 0.222. The maximum Gasteiger partial charge on any atom is 0.321 e. The Hall–Kier alpha value is -3.36. The number of aliphatic carboxylic acids is 1. The topological polar surface area (TPSA) is 83.6 Å². The van der Waals surface area contributed by atoms with Gasteiger partial charge in [-0.05, 0) is 53.9 Å². The van der Waals surface area contributed by atoms with Crippen molar-refractivity contribution in [3.8, 4) is 11.5 Å². The van der Waals surface area contributed by atoms with Crippen molar-refractivity contribution in [1.29, 1.82) is 0 Å². The third-order valence-corrected chi connectivity index (χ3v) is 6.39. The molecule has 0 saturated heterocycles. The van der Waals surface area contributed by atoms with Gasteiger partial charge in [0.1, 0.15) is 18.5 Å². The van der Waals surface area contributed by atoms with E-state index in [2.05, 4.69) is 26.2 Å². The van der Waals surface area contributed by atoms with Crippen LogP contribution in [0.15, 0.2) is 71.3 Å². The summed E-state index contributed by atoms with van der Waals surface area (Å²) in [6.07, 6.45) is 2.20. The first kappa shape index (κ1) is 24.8. The second-order valence-corrected chi connectivity index (χ2v) is 8.93. The van der Waals surface area contributed by atoms with E-state index in [0.29, 0.717) is 31.1 Å². The minimum Gasteiger partial charge on any atom is -0.490 e. The van der Waals surface area contributed by atoms with Crippen LogP contribution < -0.4 is 14.8 Å². The second-order valence-electron chi connectivity index (χ2n) is 8.07. The number of aromatic amines is 1. The molecule has 0 fully saturated rings. The van der Waals surface area contributed by atoms with Gasteiger partial charge in [-0.3, -0.25) is 10.1 Å². The van der Waals surface area contributed by atoms with Gasteiger partial charge < -0.3 is 19.6 Å². The Morgan fingerprint density at radius 2 is 1.83 bits per heavy atom. The molecule has 0 aliphatic rings. The zero-order valence-corrected chi connectivity index (χ0v) is 20.8. The average molecular weight is 541 g/mol. The van der Waals surface area contributed by atoms with Gasteiger partial charge in [0.25, 0.3) is 0 Å². The van der Waals surface area contributed by atoms with E-state index in [0.717, 1.165) is 32.1 Å². The van der Waals surface area contributed by atoms with Gasteiger partial charge in [-0.15, -0.1) is 0 Å². The lowest BCUT2D eigenvalue weighted by atomic mass is 10.0. The maximum atomic E-state index is 13.2. The van der Waals surface area contributed by atoms with Crippen molar-refractivity contribution in [2.45, 2.75) is 32.5 Å². The third kappa shape index (κ3) is 6.21. The fourth-order valence-electron chi connectivity index (χ4n) is 3.84. The van der Waals surface area contributed by atoms with Crippen molar-refractivity contribution in [3.63, 3.8) is 0 Å². The van der Waals surface area contributed by atoms with E-state index in [1.54, 1.807) is 18.2 Å². The minimum absolute atomic E-state index is 0.260. The third-order valence-electron chi connectivity index (χ3n) is 5.66. The highest BCUT2D eigenvalue weighted by atomic mass is 79.9. The lowest BCUT2D eigenvalue weighted by Crippen LogP contribution is -2.38. The van der Waals surface area contributed by atoms with Crippen molar-refractivity contribution in [1.82, 2.24) is 10.3 Å². The summed E-state index contributed by atoms with van der Waals surface area (Å²) in [6, 6.07) is 16.8. The Morgan fingerprint density at radius 1 is 1.09 bits per heavy atom. The summed E-state index contributed by atoms with van der Waals surface area (Å²) in [5.74, 6) is -0.123. The molecular weight excluding hydrogens is 515 g/mol. The molecule has 6 nitrogen and oxygen atoms in total. The molecule has 1 unspecified atom stereocenters. The molecule has 0 bridgehead atoms. The van der Waals surface area contributed by atoms with E-state index < -0.39 is 12.0 Å². The molecular formula is C27H26BrFN2O4. The number of carboxylic acids is 1. The molecule has 0 aliphatic carbocycles. The van der Waals surface area contributed by atoms with Gasteiger partial charge in [-0.25, -0.2) is 4.39 Å². The van der Waals surface area contributed by atoms with E-state index in [4.69, 9.17) is 9.47 Å². The Morgan fingerprint density at radius 3 is 2.57 bits per heavy atom. The first-order valence-electron chi connectivity index (χ1n) is 11.3. The molecule has 0 radical (unpaired) electrons. The van der Waals surface area contributed by atoms with E-state index in [-0.39, 0.29) is 12.4 Å². The number of aromatic nitrogens is 1. The van der Waals surface area contributed by atoms with Crippen molar-refractivity contribution in [2.24, 2.45) is 0 Å². The van der Waals surface area contributed by atoms with Gasteiger partial charge in [0.2, 0.25) is 0 Å². The number of hydrogen-bond donors (Lipinski definition) is 3. The van der Waals surface area contributed by atoms with E-state index in [1.165, 1.54) is 12.1 Å². The van der Waals surface area contributed by atoms with Crippen LogP contribution in [0, 0.1) is 5.82 Å². The summed E-state index contributed by atoms with van der Waals surface area (Å²) in [6.45, 7) is 2.90. The minimum atomic E-state index is -0.921. The van der Waals surface area contributed by atoms with E-state index >= 15 is 0 Å². The molecule has 35 heavy (non-hydrogen) atoms. The number of carbonyl (C=O) groups is 1. The number of benzene rings is 3. The van der Waals surface area contributed by atoms with Crippen molar-refractivity contribution in [2.75, 3.05) is 6.61 Å². The zero-order chi connectivity index (χ0) is 24.8. The summed E-state index contributed by atoms with van der Waals surface area (Å²) >= 11 is 3.57. The van der Waals surface area contributed by atoms with E-state index in [1.807, 2.05) is 43.5 Å². The van der Waals surface area contributed by atoms with E-state index in [9.17, 15) is 14.3 Å². The number of fused-ring (bicyclic) bond motifs is 1. The molecule has 0 amide bonds. The first-order chi connectivity index (χ1) is 16.9. The number of halogens is 2. The first-order valence-corrected chi connectivity index (χ1v) is 12.1. The summed E-state index contributed by atoms with van der Waals surface area (Å²) in [5, 5.41) is 14.0. The normalized spacial score (nSPS) is 12.0. The Bertz CT molecular complexity index is 1310. The number of carboxylic acid groups (broad SMARTS) is 1. The van der Waals surface area contributed by atoms with Crippen LogP contribution in [0.3, 0.4) is 0 Å². The van der Waals surface area contributed by atoms with Crippen LogP contribution in [0.2, 0.25) is 0 Å². The number of H-pyrrole nitrogens is 1. The highest BCUT2D eigenvalue weighted by Crippen LogP contribution is 2.34. The monoisotopic (exact) mass is 540 g/mol. The quantitative estimate of drug-likeness (QED) is 0.223. The van der Waals surface area contributed by atoms with Gasteiger partial charge in [-0.1, -0.05) is 46.3 Å². The second kappa shape index (κ2) is 11.4. The Kier molecular flexibility index (Phi) is 8.05. The molecule has 1 aromatic heterocycles. The standard InChI is InChI=1S/C27H26BrFN2O4/c1-2-34-25-12-19(22(28)13-26(25)35-16-17-7-9-20(29)10-8-17)15-31-24(27(32)33)11-18-14-30-23-6-4-3-5-21(18)23/h3-10,12-14,24,30-31H,2,11,15-16H2,1H3,(H,32,33). The van der Waals surface area contributed by atoms with Crippen LogP contribution in [-0.2, 0) is 24.4 Å². The Balaban J connectivity index is 1.47. The van der Waals surface area contributed by atoms with Gasteiger partial charge in [0, 0.05) is 34.5 Å². The Labute approximate surface area is 211 Å². The van der Waals surface area contributed by atoms with Crippen molar-refractivity contribution >= 4 is 32.8 Å². The molecule has 1 heterocycles. The zero-order valence-electron chi connectivity index (χ0n) is 19.2. The SMILES string of the molecule is CCOc1cc(CNC(Cc2c[nH]c3ccccc23)C(=O)O)c(Br)cc1OCc1ccc(F)cc1. The molecule has 0 saturated carbocycles. The van der Waals surface area contributed by atoms with Gasteiger partial charge in [0.05, 0.1) is 6.61 Å². The smallest absolute Gasteiger partial charge is 0.321 e. The lowest BCUT2D eigenvalue weighted by molar-refractivity contribution is -0.139. The average Bonchev–Trinajstić information content (AvgIpc) is 3.26. The molecule has 0 spiro atoms. The molecule has 3 N–H and O–H groups in total. The summed E-state index contributed by atoms with van der Waals surface area (Å²) in [7, 11) is 0. The molecule has 8 heteroatoms. The molecule has 3 aromatic carbocycles. The van der Waals surface area contributed by atoms with Crippen LogP contribution in [0.1, 0.15) is 23.6 Å². The molecule has 0 aliphatic heterocycles. The molecule has 1 atom stereocenters. The predicted molar refractivity (Wildman–Crippen MR) is 136 cm³/mol. The summed E-state index contributed by atoms with van der Waals surface area (Å²) in [4.78, 5) is 15.2. The van der Waals surface area contributed by atoms with Crippen LogP contribution >= 0.6 is 15.9 Å². The van der Waals surface area contributed by atoms with Gasteiger partial charge in [-0.2, -0.15) is 0 Å². The molecule has 4 aromatic rings. The maximum absolute atomic E-state index is 13.2. The van der Waals surface area contributed by atoms with Gasteiger partial charge >= 0.3 is 5.97 Å². The number of para-hydroxylation sites is 1. The predicted octanol–water partition coefficient (Wildman–Crippen LogP) is 5.83. The summed E-state index contributed by atoms with van der Waals surface area (Å²) in [5.41, 5.74) is 3.59. The van der Waals surface area contributed by atoms with Crippen LogP contribution in [0.4, 0.5) is 4.39 Å². The molecule has 4 rings (SSSR count). The highest BCUT2D eigenvalue weighted by molar-refractivity contribution is 9.10. The number of hydrogen-bond acceptors (Lipinski definition) is 4. The van der Waals surface area contributed by atoms with Crippen LogP contribution in [0.25, 0.3) is 10.9 Å². The van der Waals surface area contributed by atoms with Crippen molar-refractivity contribution in [3.05, 3.63) is 93.8 Å². The van der Waals surface area contributed by atoms with Gasteiger partial charge in [0.15, 0.2) is 11.5 Å². The number of ether oxygens (including phenoxy) is 2. The van der Waals surface area contributed by atoms with Crippen LogP contribution in [0.5, 0.6) is 11.5 Å². The van der Waals surface area contributed by atoms with Crippen LogP contribution in [-0.4, -0.2) is 28.7 Å². The molecule has 182 valence electrons.